The molecule has 10 nitrogen and oxygen atoms in total. The van der Waals surface area contributed by atoms with Crippen LogP contribution in [0.2, 0.25) is 0 Å². The first-order valence-corrected chi connectivity index (χ1v) is 10.8. The van der Waals surface area contributed by atoms with Crippen LogP contribution in [0, 0.1) is 0 Å². The number of anilines is 1. The summed E-state index contributed by atoms with van der Waals surface area (Å²) in [6.45, 7) is 5.68. The minimum atomic E-state index is -0.334. The number of carbonyl (C=O) groups is 1. The molecule has 2 N–H and O–H groups in total. The number of fused-ring (bicyclic) bond motifs is 4. The molecule has 0 aromatic carbocycles. The van der Waals surface area contributed by atoms with Crippen LogP contribution in [0.1, 0.15) is 28.7 Å². The summed E-state index contributed by atoms with van der Waals surface area (Å²) >= 11 is 0. The summed E-state index contributed by atoms with van der Waals surface area (Å²) < 4.78 is 5.87. The first kappa shape index (κ1) is 20.4. The SMILES string of the molecule is CCc1cc2ncc(CN3CCN4c5cnc(C(=O)NC)nc5OCC4C3)cc2[nH]c1=O. The van der Waals surface area contributed by atoms with E-state index in [2.05, 4.69) is 35.1 Å². The predicted molar refractivity (Wildman–Crippen MR) is 119 cm³/mol. The number of rotatable bonds is 4. The average Bonchev–Trinajstić information content (AvgIpc) is 2.82. The van der Waals surface area contributed by atoms with Gasteiger partial charge in [-0.2, -0.15) is 4.98 Å². The molecule has 0 spiro atoms. The molecule has 1 amide bonds. The number of aryl methyl sites for hydroxylation is 1. The largest absolute Gasteiger partial charge is 0.474 e. The van der Waals surface area contributed by atoms with Crippen LogP contribution in [0.25, 0.3) is 11.0 Å². The zero-order chi connectivity index (χ0) is 22.2. The number of amides is 1. The van der Waals surface area contributed by atoms with Gasteiger partial charge in [0, 0.05) is 45.0 Å². The quantitative estimate of drug-likeness (QED) is 0.616. The maximum absolute atomic E-state index is 12.2. The topological polar surface area (TPSA) is 116 Å². The van der Waals surface area contributed by atoms with E-state index in [1.807, 2.05) is 25.3 Å². The Balaban J connectivity index is 1.30. The minimum absolute atomic E-state index is 0.0487. The van der Waals surface area contributed by atoms with Gasteiger partial charge in [0.2, 0.25) is 11.7 Å². The summed E-state index contributed by atoms with van der Waals surface area (Å²) in [6.07, 6.45) is 4.24. The fraction of sp³-hybridized carbons (Fsp3) is 0.409. The number of nitrogens with zero attached hydrogens (tertiary/aromatic N) is 5. The van der Waals surface area contributed by atoms with E-state index in [1.165, 1.54) is 0 Å². The highest BCUT2D eigenvalue weighted by Gasteiger charge is 2.34. The van der Waals surface area contributed by atoms with Crippen molar-refractivity contribution in [2.75, 3.05) is 38.2 Å². The molecular weight excluding hydrogens is 410 g/mol. The van der Waals surface area contributed by atoms with E-state index in [1.54, 1.807) is 13.2 Å². The second kappa shape index (κ2) is 8.19. The molecule has 5 heterocycles. The molecule has 10 heteroatoms. The van der Waals surface area contributed by atoms with Crippen LogP contribution in [-0.4, -0.2) is 70.1 Å². The molecule has 166 valence electrons. The second-order valence-electron chi connectivity index (χ2n) is 8.11. The highest BCUT2D eigenvalue weighted by Crippen LogP contribution is 2.33. The van der Waals surface area contributed by atoms with Crippen molar-refractivity contribution in [3.05, 3.63) is 51.8 Å². The first-order chi connectivity index (χ1) is 15.6. The Kier molecular flexibility index (Phi) is 5.22. The predicted octanol–water partition coefficient (Wildman–Crippen LogP) is 0.718. The Morgan fingerprint density at radius 3 is 2.97 bits per heavy atom. The monoisotopic (exact) mass is 435 g/mol. The number of carbonyl (C=O) groups excluding carboxylic acids is 1. The van der Waals surface area contributed by atoms with Crippen LogP contribution in [0.5, 0.6) is 5.88 Å². The van der Waals surface area contributed by atoms with E-state index < -0.39 is 0 Å². The number of aromatic nitrogens is 4. The zero-order valence-corrected chi connectivity index (χ0v) is 18.1. The molecule has 3 aromatic heterocycles. The van der Waals surface area contributed by atoms with Crippen molar-refractivity contribution in [1.82, 2.24) is 30.2 Å². The van der Waals surface area contributed by atoms with Gasteiger partial charge in [0.05, 0.1) is 23.3 Å². The molecule has 1 saturated heterocycles. The van der Waals surface area contributed by atoms with Crippen LogP contribution in [0.3, 0.4) is 0 Å². The number of ether oxygens (including phenoxy) is 1. The van der Waals surface area contributed by atoms with Gasteiger partial charge in [0.25, 0.3) is 11.5 Å². The lowest BCUT2D eigenvalue weighted by atomic mass is 10.1. The van der Waals surface area contributed by atoms with E-state index in [9.17, 15) is 9.59 Å². The standard InChI is InChI=1S/C22H25N7O3/c1-3-14-7-16-17(26-20(14)30)6-13(8-24-16)10-28-4-5-29-15(11-28)12-32-22-18(29)9-25-19(27-22)21(31)23-2/h6-9,15H,3-5,10-12H2,1-2H3,(H,23,31)(H,26,30). The summed E-state index contributed by atoms with van der Waals surface area (Å²) in [7, 11) is 1.55. The molecule has 3 aromatic rings. The highest BCUT2D eigenvalue weighted by molar-refractivity contribution is 5.90. The summed E-state index contributed by atoms with van der Waals surface area (Å²) in [6, 6.07) is 4.05. The van der Waals surface area contributed by atoms with Gasteiger partial charge >= 0.3 is 0 Å². The Morgan fingerprint density at radius 1 is 1.28 bits per heavy atom. The van der Waals surface area contributed by atoms with Crippen molar-refractivity contribution in [2.45, 2.75) is 25.9 Å². The lowest BCUT2D eigenvalue weighted by molar-refractivity contribution is 0.0950. The number of piperazine rings is 1. The number of hydrogen-bond acceptors (Lipinski definition) is 8. The number of nitrogens with one attached hydrogen (secondary N) is 2. The van der Waals surface area contributed by atoms with Crippen molar-refractivity contribution in [1.29, 1.82) is 0 Å². The molecule has 0 aliphatic carbocycles. The zero-order valence-electron chi connectivity index (χ0n) is 18.1. The van der Waals surface area contributed by atoms with E-state index >= 15 is 0 Å². The number of aromatic amines is 1. The van der Waals surface area contributed by atoms with Crippen molar-refractivity contribution >= 4 is 22.6 Å². The van der Waals surface area contributed by atoms with Crippen molar-refractivity contribution in [3.63, 3.8) is 0 Å². The summed E-state index contributed by atoms with van der Waals surface area (Å²) in [5.41, 5.74) is 4.16. The summed E-state index contributed by atoms with van der Waals surface area (Å²) in [5.74, 6) is 0.230. The smallest absolute Gasteiger partial charge is 0.288 e. The molecule has 2 aliphatic rings. The Morgan fingerprint density at radius 2 is 2.16 bits per heavy atom. The van der Waals surface area contributed by atoms with Gasteiger partial charge in [-0.1, -0.05) is 6.92 Å². The maximum atomic E-state index is 12.2. The average molecular weight is 435 g/mol. The highest BCUT2D eigenvalue weighted by atomic mass is 16.5. The fourth-order valence-electron chi connectivity index (χ4n) is 4.36. The van der Waals surface area contributed by atoms with Gasteiger partial charge in [-0.25, -0.2) is 4.98 Å². The Hall–Kier alpha value is -3.53. The van der Waals surface area contributed by atoms with Crippen LogP contribution < -0.4 is 20.5 Å². The molecule has 1 atom stereocenters. The third kappa shape index (κ3) is 3.66. The van der Waals surface area contributed by atoms with Crippen LogP contribution in [0.15, 0.2) is 29.3 Å². The van der Waals surface area contributed by atoms with Gasteiger partial charge in [0.1, 0.15) is 12.3 Å². The second-order valence-corrected chi connectivity index (χ2v) is 8.11. The number of hydrogen-bond donors (Lipinski definition) is 2. The third-order valence-corrected chi connectivity index (χ3v) is 6.07. The van der Waals surface area contributed by atoms with E-state index in [4.69, 9.17) is 4.74 Å². The minimum Gasteiger partial charge on any atom is -0.474 e. The van der Waals surface area contributed by atoms with Gasteiger partial charge in [-0.05, 0) is 24.1 Å². The lowest BCUT2D eigenvalue weighted by Crippen LogP contribution is -2.57. The van der Waals surface area contributed by atoms with E-state index in [0.29, 0.717) is 18.9 Å². The van der Waals surface area contributed by atoms with Crippen LogP contribution >= 0.6 is 0 Å². The van der Waals surface area contributed by atoms with Gasteiger partial charge in [-0.3, -0.25) is 19.5 Å². The Bertz CT molecular complexity index is 1240. The molecule has 1 unspecified atom stereocenters. The maximum Gasteiger partial charge on any atom is 0.288 e. The third-order valence-electron chi connectivity index (χ3n) is 6.07. The molecule has 5 rings (SSSR count). The Labute approximate surface area is 184 Å². The molecule has 2 aliphatic heterocycles. The molecule has 32 heavy (non-hydrogen) atoms. The van der Waals surface area contributed by atoms with Crippen molar-refractivity contribution in [2.24, 2.45) is 0 Å². The molecule has 0 radical (unpaired) electrons. The van der Waals surface area contributed by atoms with Gasteiger partial charge in [-0.15, -0.1) is 0 Å². The first-order valence-electron chi connectivity index (χ1n) is 10.8. The number of pyridine rings is 2. The summed E-state index contributed by atoms with van der Waals surface area (Å²) in [4.78, 5) is 44.5. The van der Waals surface area contributed by atoms with Gasteiger partial charge in [0.15, 0.2) is 0 Å². The lowest BCUT2D eigenvalue weighted by Gasteiger charge is -2.44. The molecule has 0 bridgehead atoms. The van der Waals surface area contributed by atoms with Crippen molar-refractivity contribution < 1.29 is 9.53 Å². The van der Waals surface area contributed by atoms with Crippen LogP contribution in [0.4, 0.5) is 5.69 Å². The normalized spacial score (nSPS) is 18.1. The molecule has 1 fully saturated rings. The fourth-order valence-corrected chi connectivity index (χ4v) is 4.36. The molecule has 0 saturated carbocycles. The van der Waals surface area contributed by atoms with E-state index in [-0.39, 0.29) is 23.3 Å². The van der Waals surface area contributed by atoms with E-state index in [0.717, 1.165) is 54.0 Å². The van der Waals surface area contributed by atoms with Crippen molar-refractivity contribution in [3.8, 4) is 5.88 Å². The van der Waals surface area contributed by atoms with Crippen LogP contribution in [-0.2, 0) is 13.0 Å². The summed E-state index contributed by atoms with van der Waals surface area (Å²) in [5, 5.41) is 2.53. The molecular formula is C22H25N7O3. The number of H-pyrrole nitrogens is 1. The van der Waals surface area contributed by atoms with Gasteiger partial charge < -0.3 is 19.9 Å².